The summed E-state index contributed by atoms with van der Waals surface area (Å²) in [6.07, 6.45) is 4.30. The molecule has 2 aromatic rings. The second-order valence-corrected chi connectivity index (χ2v) is 7.13. The lowest BCUT2D eigenvalue weighted by molar-refractivity contribution is 0.0602. The van der Waals surface area contributed by atoms with E-state index in [4.69, 9.17) is 11.6 Å². The fourth-order valence-corrected chi connectivity index (χ4v) is 3.62. The Labute approximate surface area is 159 Å². The van der Waals surface area contributed by atoms with Crippen molar-refractivity contribution < 1.29 is 4.79 Å². The van der Waals surface area contributed by atoms with E-state index < -0.39 is 0 Å². The average molecular weight is 373 g/mol. The average Bonchev–Trinajstić information content (AvgIpc) is 2.66. The molecule has 1 amide bonds. The Bertz CT molecular complexity index is 780. The molecule has 26 heavy (non-hydrogen) atoms. The number of halogens is 1. The number of piperidine rings is 1. The zero-order valence-corrected chi connectivity index (χ0v) is 16.1. The molecular weight excluding hydrogens is 348 g/mol. The van der Waals surface area contributed by atoms with E-state index in [0.717, 1.165) is 37.1 Å². The molecule has 0 saturated carbocycles. The Hall–Kier alpha value is -2.14. The molecule has 1 aliphatic heterocycles. The number of carbonyl (C=O) groups excluding carboxylic acids is 1. The Kier molecular flexibility index (Phi) is 6.09. The van der Waals surface area contributed by atoms with Gasteiger partial charge in [-0.05, 0) is 50.3 Å². The molecule has 1 atom stereocenters. The van der Waals surface area contributed by atoms with Crippen LogP contribution >= 0.6 is 11.6 Å². The van der Waals surface area contributed by atoms with Gasteiger partial charge in [0, 0.05) is 29.8 Å². The van der Waals surface area contributed by atoms with Crippen molar-refractivity contribution in [2.45, 2.75) is 52.1 Å². The van der Waals surface area contributed by atoms with Gasteiger partial charge >= 0.3 is 0 Å². The molecule has 0 spiro atoms. The van der Waals surface area contributed by atoms with Crippen LogP contribution in [0.5, 0.6) is 0 Å². The predicted octanol–water partition coefficient (Wildman–Crippen LogP) is 4.46. The fraction of sp³-hybridized carbons (Fsp3) is 0.450. The first-order valence-corrected chi connectivity index (χ1v) is 9.60. The summed E-state index contributed by atoms with van der Waals surface area (Å²) < 4.78 is 0. The molecule has 5 nitrogen and oxygen atoms in total. The molecule has 1 aromatic carbocycles. The summed E-state index contributed by atoms with van der Waals surface area (Å²) in [5.41, 5.74) is 2.20. The van der Waals surface area contributed by atoms with Gasteiger partial charge in [0.2, 0.25) is 5.95 Å². The topological polar surface area (TPSA) is 58.1 Å². The van der Waals surface area contributed by atoms with Crippen LogP contribution < -0.4 is 5.32 Å². The SMILES string of the molecule is CCC1CCCCN1C(=O)c1cc(C)nc(NCc2ccccc2Cl)n1. The third kappa shape index (κ3) is 4.33. The van der Waals surface area contributed by atoms with Crippen molar-refractivity contribution >= 4 is 23.5 Å². The summed E-state index contributed by atoms with van der Waals surface area (Å²) in [4.78, 5) is 23.8. The number of anilines is 1. The van der Waals surface area contributed by atoms with Crippen molar-refractivity contribution in [1.29, 1.82) is 0 Å². The van der Waals surface area contributed by atoms with Crippen molar-refractivity contribution in [3.63, 3.8) is 0 Å². The molecule has 138 valence electrons. The molecule has 0 bridgehead atoms. The van der Waals surface area contributed by atoms with Gasteiger partial charge < -0.3 is 10.2 Å². The molecule has 1 unspecified atom stereocenters. The number of hydrogen-bond acceptors (Lipinski definition) is 4. The Balaban J connectivity index is 1.76. The van der Waals surface area contributed by atoms with Crippen molar-refractivity contribution in [3.8, 4) is 0 Å². The van der Waals surface area contributed by atoms with E-state index in [9.17, 15) is 4.79 Å². The molecule has 1 saturated heterocycles. The van der Waals surface area contributed by atoms with Crippen LogP contribution in [0.1, 0.15) is 54.4 Å². The lowest BCUT2D eigenvalue weighted by atomic mass is 9.99. The molecule has 6 heteroatoms. The zero-order valence-electron chi connectivity index (χ0n) is 15.3. The first-order valence-electron chi connectivity index (χ1n) is 9.22. The van der Waals surface area contributed by atoms with E-state index in [-0.39, 0.29) is 5.91 Å². The number of hydrogen-bond donors (Lipinski definition) is 1. The van der Waals surface area contributed by atoms with Gasteiger partial charge in [0.05, 0.1) is 0 Å². The number of aryl methyl sites for hydroxylation is 1. The highest BCUT2D eigenvalue weighted by atomic mass is 35.5. The van der Waals surface area contributed by atoms with Gasteiger partial charge in [-0.15, -0.1) is 0 Å². The van der Waals surface area contributed by atoms with Crippen molar-refractivity contribution in [3.05, 3.63) is 52.3 Å². The van der Waals surface area contributed by atoms with Gasteiger partial charge in [-0.2, -0.15) is 0 Å². The van der Waals surface area contributed by atoms with Crippen molar-refractivity contribution in [1.82, 2.24) is 14.9 Å². The molecule has 1 aliphatic rings. The molecule has 1 aromatic heterocycles. The monoisotopic (exact) mass is 372 g/mol. The lowest BCUT2D eigenvalue weighted by Gasteiger charge is -2.35. The molecule has 0 aliphatic carbocycles. The summed E-state index contributed by atoms with van der Waals surface area (Å²) in [6.45, 7) is 5.34. The smallest absolute Gasteiger partial charge is 0.272 e. The van der Waals surface area contributed by atoms with E-state index in [2.05, 4.69) is 22.2 Å². The molecule has 3 rings (SSSR count). The minimum absolute atomic E-state index is 0.00263. The first-order chi connectivity index (χ1) is 12.6. The van der Waals surface area contributed by atoms with Crippen LogP contribution in [0.4, 0.5) is 5.95 Å². The van der Waals surface area contributed by atoms with Crippen molar-refractivity contribution in [2.75, 3.05) is 11.9 Å². The van der Waals surface area contributed by atoms with E-state index in [1.165, 1.54) is 6.42 Å². The highest BCUT2D eigenvalue weighted by molar-refractivity contribution is 6.31. The predicted molar refractivity (Wildman–Crippen MR) is 105 cm³/mol. The van der Waals surface area contributed by atoms with E-state index in [0.29, 0.717) is 29.3 Å². The fourth-order valence-electron chi connectivity index (χ4n) is 3.41. The minimum atomic E-state index is 0.00263. The van der Waals surface area contributed by atoms with Gasteiger partial charge in [0.25, 0.3) is 5.91 Å². The van der Waals surface area contributed by atoms with Crippen LogP contribution in [0, 0.1) is 6.92 Å². The first kappa shape index (κ1) is 18.6. The standard InChI is InChI=1S/C20H25ClN4O/c1-3-16-9-6-7-11-25(16)19(26)18-12-14(2)23-20(24-18)22-13-15-8-4-5-10-17(15)21/h4-5,8,10,12,16H,3,6-7,9,11,13H2,1-2H3,(H,22,23,24). The number of nitrogens with one attached hydrogen (secondary N) is 1. The van der Waals surface area contributed by atoms with Crippen LogP contribution in [0.25, 0.3) is 0 Å². The normalized spacial score (nSPS) is 17.2. The second-order valence-electron chi connectivity index (χ2n) is 6.72. The number of nitrogens with zero attached hydrogens (tertiary/aromatic N) is 3. The van der Waals surface area contributed by atoms with Gasteiger partial charge in [-0.25, -0.2) is 9.97 Å². The maximum Gasteiger partial charge on any atom is 0.272 e. The molecule has 1 fully saturated rings. The maximum absolute atomic E-state index is 13.0. The molecule has 2 heterocycles. The summed E-state index contributed by atoms with van der Waals surface area (Å²) in [6, 6.07) is 9.73. The number of amides is 1. The van der Waals surface area contributed by atoms with E-state index >= 15 is 0 Å². The van der Waals surface area contributed by atoms with Crippen LogP contribution in [0.3, 0.4) is 0 Å². The summed E-state index contributed by atoms with van der Waals surface area (Å²) in [5, 5.41) is 3.89. The van der Waals surface area contributed by atoms with Gasteiger partial charge in [0.15, 0.2) is 0 Å². The van der Waals surface area contributed by atoms with Crippen LogP contribution in [-0.4, -0.2) is 33.4 Å². The van der Waals surface area contributed by atoms with Crippen molar-refractivity contribution in [2.24, 2.45) is 0 Å². The largest absolute Gasteiger partial charge is 0.350 e. The minimum Gasteiger partial charge on any atom is -0.350 e. The van der Waals surface area contributed by atoms with Crippen LogP contribution in [-0.2, 0) is 6.54 Å². The third-order valence-corrected chi connectivity index (χ3v) is 5.20. The number of benzene rings is 1. The van der Waals surface area contributed by atoms with Gasteiger partial charge in [-0.1, -0.05) is 36.7 Å². The Morgan fingerprint density at radius 2 is 2.12 bits per heavy atom. The molecule has 1 N–H and O–H groups in total. The summed E-state index contributed by atoms with van der Waals surface area (Å²) in [7, 11) is 0. The molecule has 0 radical (unpaired) electrons. The molecular formula is C20H25ClN4O. The Morgan fingerprint density at radius 1 is 1.31 bits per heavy atom. The maximum atomic E-state index is 13.0. The van der Waals surface area contributed by atoms with E-state index in [1.54, 1.807) is 6.07 Å². The van der Waals surface area contributed by atoms with Crippen LogP contribution in [0.15, 0.2) is 30.3 Å². The quantitative estimate of drug-likeness (QED) is 0.842. The summed E-state index contributed by atoms with van der Waals surface area (Å²) >= 11 is 6.20. The third-order valence-electron chi connectivity index (χ3n) is 4.83. The van der Waals surface area contributed by atoms with Crippen LogP contribution in [0.2, 0.25) is 5.02 Å². The number of aromatic nitrogens is 2. The lowest BCUT2D eigenvalue weighted by Crippen LogP contribution is -2.43. The number of carbonyl (C=O) groups is 1. The highest BCUT2D eigenvalue weighted by Crippen LogP contribution is 2.22. The number of rotatable bonds is 5. The van der Waals surface area contributed by atoms with Gasteiger partial charge in [0.1, 0.15) is 5.69 Å². The highest BCUT2D eigenvalue weighted by Gasteiger charge is 2.27. The second kappa shape index (κ2) is 8.49. The number of likely N-dealkylation sites (tertiary alicyclic amines) is 1. The van der Waals surface area contributed by atoms with E-state index in [1.807, 2.05) is 36.1 Å². The summed E-state index contributed by atoms with van der Waals surface area (Å²) in [5.74, 6) is 0.459. The van der Waals surface area contributed by atoms with Gasteiger partial charge in [-0.3, -0.25) is 4.79 Å². The Morgan fingerprint density at radius 3 is 2.88 bits per heavy atom. The zero-order chi connectivity index (χ0) is 18.5.